The normalized spacial score (nSPS) is 19.1. The molecule has 7 heteroatoms. The smallest absolute Gasteiger partial charge is 0.305 e. The van der Waals surface area contributed by atoms with Crippen LogP contribution in [0.15, 0.2) is 0 Å². The third kappa shape index (κ3) is 3.73. The summed E-state index contributed by atoms with van der Waals surface area (Å²) in [6, 6.07) is 0. The van der Waals surface area contributed by atoms with Gasteiger partial charge in [-0.15, -0.1) is 0 Å². The zero-order chi connectivity index (χ0) is 12.2. The molecular weight excluding hydrogens is 234 g/mol. The van der Waals surface area contributed by atoms with Crippen molar-refractivity contribution < 1.29 is 23.1 Å². The van der Waals surface area contributed by atoms with Crippen LogP contribution >= 0.6 is 0 Å². The van der Waals surface area contributed by atoms with Crippen molar-refractivity contribution in [2.75, 3.05) is 19.5 Å². The van der Waals surface area contributed by atoms with E-state index in [4.69, 9.17) is 5.11 Å². The predicted molar refractivity (Wildman–Crippen MR) is 57.6 cm³/mol. The maximum absolute atomic E-state index is 11.6. The highest BCUT2D eigenvalue weighted by atomic mass is 32.2. The quantitative estimate of drug-likeness (QED) is 0.661. The van der Waals surface area contributed by atoms with Crippen LogP contribution in [0.5, 0.6) is 0 Å². The molecule has 1 aliphatic carbocycles. The van der Waals surface area contributed by atoms with E-state index < -0.39 is 21.5 Å². The van der Waals surface area contributed by atoms with Crippen LogP contribution in [0.25, 0.3) is 0 Å². The largest absolute Gasteiger partial charge is 0.481 e. The molecule has 6 nitrogen and oxygen atoms in total. The number of carboxylic acids is 1. The maximum Gasteiger partial charge on any atom is 0.305 e. The molecule has 0 amide bonds. The molecule has 1 fully saturated rings. The molecule has 0 saturated heterocycles. The van der Waals surface area contributed by atoms with E-state index in [0.717, 1.165) is 6.42 Å². The van der Waals surface area contributed by atoms with Crippen LogP contribution in [0.2, 0.25) is 0 Å². The lowest BCUT2D eigenvalue weighted by atomic mass is 9.75. The van der Waals surface area contributed by atoms with Gasteiger partial charge < -0.3 is 9.84 Å². The number of ether oxygens (including phenoxy) is 1. The van der Waals surface area contributed by atoms with E-state index >= 15 is 0 Å². The van der Waals surface area contributed by atoms with E-state index in [1.165, 1.54) is 7.11 Å². The minimum Gasteiger partial charge on any atom is -0.481 e. The van der Waals surface area contributed by atoms with Crippen molar-refractivity contribution in [3.63, 3.8) is 0 Å². The van der Waals surface area contributed by atoms with Crippen molar-refractivity contribution in [1.29, 1.82) is 0 Å². The molecule has 0 radical (unpaired) electrons. The molecule has 94 valence electrons. The van der Waals surface area contributed by atoms with E-state index in [2.05, 4.69) is 9.46 Å². The summed E-state index contributed by atoms with van der Waals surface area (Å²) in [5.41, 5.74) is -0.765. The fourth-order valence-corrected chi connectivity index (χ4v) is 3.21. The number of carbonyl (C=O) groups is 1. The average molecular weight is 251 g/mol. The van der Waals surface area contributed by atoms with Crippen molar-refractivity contribution in [3.05, 3.63) is 0 Å². The highest BCUT2D eigenvalue weighted by Crippen LogP contribution is 2.35. The summed E-state index contributed by atoms with van der Waals surface area (Å²) in [7, 11) is -2.02. The Morgan fingerprint density at radius 1 is 1.50 bits per heavy atom. The highest BCUT2D eigenvalue weighted by Gasteiger charge is 2.41. The lowest BCUT2D eigenvalue weighted by Crippen LogP contribution is -2.55. The van der Waals surface area contributed by atoms with Gasteiger partial charge in [-0.2, -0.15) is 0 Å². The Bertz CT molecular complexity index is 347. The second-order valence-corrected chi connectivity index (χ2v) is 5.96. The van der Waals surface area contributed by atoms with E-state index in [-0.39, 0.29) is 18.8 Å². The van der Waals surface area contributed by atoms with Crippen molar-refractivity contribution in [1.82, 2.24) is 4.72 Å². The molecule has 2 N–H and O–H groups in total. The Labute approximate surface area is 95.0 Å². The molecule has 16 heavy (non-hydrogen) atoms. The summed E-state index contributed by atoms with van der Waals surface area (Å²) >= 11 is 0. The Morgan fingerprint density at radius 3 is 2.50 bits per heavy atom. The molecule has 0 spiro atoms. The molecular formula is C9H17NO5S. The van der Waals surface area contributed by atoms with E-state index in [1.54, 1.807) is 0 Å². The van der Waals surface area contributed by atoms with E-state index in [0.29, 0.717) is 12.8 Å². The third-order valence-corrected chi connectivity index (χ3v) is 4.18. The van der Waals surface area contributed by atoms with Crippen molar-refractivity contribution >= 4 is 16.0 Å². The van der Waals surface area contributed by atoms with Gasteiger partial charge >= 0.3 is 5.97 Å². The first-order valence-electron chi connectivity index (χ1n) is 5.12. The van der Waals surface area contributed by atoms with Crippen molar-refractivity contribution in [2.45, 2.75) is 31.2 Å². The zero-order valence-electron chi connectivity index (χ0n) is 9.23. The van der Waals surface area contributed by atoms with E-state index in [9.17, 15) is 13.2 Å². The van der Waals surface area contributed by atoms with Crippen LogP contribution in [0.4, 0.5) is 0 Å². The van der Waals surface area contributed by atoms with Gasteiger partial charge in [-0.3, -0.25) is 4.79 Å². The summed E-state index contributed by atoms with van der Waals surface area (Å²) in [5, 5.41) is 8.73. The fraction of sp³-hybridized carbons (Fsp3) is 0.889. The number of nitrogens with one attached hydrogen (secondary N) is 1. The van der Waals surface area contributed by atoms with Gasteiger partial charge in [-0.05, 0) is 19.3 Å². The number of carboxylic acid groups (broad SMARTS) is 1. The second kappa shape index (κ2) is 5.11. The molecule has 0 bridgehead atoms. The highest BCUT2D eigenvalue weighted by molar-refractivity contribution is 7.89. The summed E-state index contributed by atoms with van der Waals surface area (Å²) in [5.74, 6) is -1.11. The summed E-state index contributed by atoms with van der Waals surface area (Å²) in [6.45, 7) is 0.110. The minimum absolute atomic E-state index is 0.110. The number of aliphatic carboxylic acids is 1. The maximum atomic E-state index is 11.6. The molecule has 1 rings (SSSR count). The summed E-state index contributed by atoms with van der Waals surface area (Å²) < 4.78 is 30.4. The van der Waals surface area contributed by atoms with Gasteiger partial charge in [-0.25, -0.2) is 13.1 Å². The van der Waals surface area contributed by atoms with Gasteiger partial charge in [0.15, 0.2) is 0 Å². The first kappa shape index (κ1) is 13.4. The summed E-state index contributed by atoms with van der Waals surface area (Å²) in [4.78, 5) is 10.6. The lowest BCUT2D eigenvalue weighted by molar-refractivity contribution is -0.139. The first-order chi connectivity index (χ1) is 7.39. The summed E-state index contributed by atoms with van der Waals surface area (Å²) in [6.07, 6.45) is 1.89. The van der Waals surface area contributed by atoms with Crippen LogP contribution in [0, 0.1) is 0 Å². The van der Waals surface area contributed by atoms with Gasteiger partial charge in [0, 0.05) is 12.6 Å². The molecule has 0 aromatic heterocycles. The van der Waals surface area contributed by atoms with Gasteiger partial charge in [0.05, 0.1) is 18.8 Å². The van der Waals surface area contributed by atoms with Crippen LogP contribution in [-0.2, 0) is 19.6 Å². The van der Waals surface area contributed by atoms with E-state index in [1.807, 2.05) is 0 Å². The molecule has 0 aromatic carbocycles. The second-order valence-electron chi connectivity index (χ2n) is 4.12. The lowest BCUT2D eigenvalue weighted by Gasteiger charge is -2.40. The van der Waals surface area contributed by atoms with Crippen molar-refractivity contribution in [3.8, 4) is 0 Å². The Balaban J connectivity index is 2.59. The Hall–Kier alpha value is -0.660. The molecule has 0 unspecified atom stereocenters. The Kier molecular flexibility index (Phi) is 4.28. The van der Waals surface area contributed by atoms with Crippen molar-refractivity contribution in [2.24, 2.45) is 0 Å². The zero-order valence-corrected chi connectivity index (χ0v) is 10.0. The Morgan fingerprint density at radius 2 is 2.12 bits per heavy atom. The number of hydrogen-bond acceptors (Lipinski definition) is 4. The van der Waals surface area contributed by atoms with Gasteiger partial charge in [0.25, 0.3) is 0 Å². The molecule has 0 aliphatic heterocycles. The number of sulfonamides is 1. The average Bonchev–Trinajstić information content (AvgIpc) is 2.10. The monoisotopic (exact) mass is 251 g/mol. The SMILES string of the molecule is COCCS(=O)(=O)NC1(CC(=O)O)CCC1. The predicted octanol–water partition coefficient (Wildman–Crippen LogP) is -0.0504. The number of rotatable bonds is 7. The molecule has 1 saturated carbocycles. The standard InChI is InChI=1S/C9H17NO5S/c1-15-5-6-16(13,14)10-9(3-2-4-9)7-8(11)12/h10H,2-7H2,1H3,(H,11,12). The number of hydrogen-bond donors (Lipinski definition) is 2. The third-order valence-electron chi connectivity index (χ3n) is 2.73. The van der Waals surface area contributed by atoms with Crippen LogP contribution in [-0.4, -0.2) is 44.5 Å². The van der Waals surface area contributed by atoms with Gasteiger partial charge in [0.2, 0.25) is 10.0 Å². The molecule has 0 heterocycles. The van der Waals surface area contributed by atoms with Gasteiger partial charge in [-0.1, -0.05) is 0 Å². The topological polar surface area (TPSA) is 92.7 Å². The van der Waals surface area contributed by atoms with Crippen LogP contribution in [0.3, 0.4) is 0 Å². The molecule has 0 atom stereocenters. The fourth-order valence-electron chi connectivity index (χ4n) is 1.78. The minimum atomic E-state index is -3.45. The van der Waals surface area contributed by atoms with Crippen LogP contribution < -0.4 is 4.72 Å². The van der Waals surface area contributed by atoms with Gasteiger partial charge in [0.1, 0.15) is 0 Å². The number of methoxy groups -OCH3 is 1. The van der Waals surface area contributed by atoms with Crippen LogP contribution in [0.1, 0.15) is 25.7 Å². The molecule has 0 aromatic rings. The molecule has 1 aliphatic rings. The first-order valence-corrected chi connectivity index (χ1v) is 6.77.